The van der Waals surface area contributed by atoms with Gasteiger partial charge in [0.2, 0.25) is 11.9 Å². The molecule has 1 aliphatic rings. The molecule has 0 spiro atoms. The number of aromatic nitrogens is 4. The summed E-state index contributed by atoms with van der Waals surface area (Å²) in [6.45, 7) is 3.55. The molecule has 1 saturated heterocycles. The van der Waals surface area contributed by atoms with Crippen molar-refractivity contribution in [3.05, 3.63) is 41.6 Å². The minimum Gasteiger partial charge on any atom is -0.396 e. The zero-order valence-electron chi connectivity index (χ0n) is 18.5. The predicted molar refractivity (Wildman–Crippen MR) is 124 cm³/mol. The van der Waals surface area contributed by atoms with Crippen LogP contribution in [-0.2, 0) is 22.8 Å². The Labute approximate surface area is 188 Å². The lowest BCUT2D eigenvalue weighted by atomic mass is 10.0. The Balaban J connectivity index is 1.65. The number of aliphatic hydroxyl groups excluding tert-OH is 1. The van der Waals surface area contributed by atoms with E-state index < -0.39 is 9.84 Å². The molecular weight excluding hydrogens is 428 g/mol. The lowest BCUT2D eigenvalue weighted by Gasteiger charge is -2.35. The second kappa shape index (κ2) is 9.41. The third-order valence-corrected chi connectivity index (χ3v) is 7.09. The summed E-state index contributed by atoms with van der Waals surface area (Å²) in [7, 11) is -3.22. The number of piperidine rings is 1. The van der Waals surface area contributed by atoms with Crippen LogP contribution >= 0.6 is 0 Å². The largest absolute Gasteiger partial charge is 0.396 e. The number of fused-ring (bicyclic) bond motifs is 1. The van der Waals surface area contributed by atoms with Gasteiger partial charge in [0.1, 0.15) is 0 Å². The first kappa shape index (κ1) is 22.5. The van der Waals surface area contributed by atoms with Crippen molar-refractivity contribution < 1.29 is 13.5 Å². The van der Waals surface area contributed by atoms with Crippen molar-refractivity contribution in [3.63, 3.8) is 0 Å². The first-order valence-corrected chi connectivity index (χ1v) is 12.9. The number of nitrogens with zero attached hydrogens (tertiary/aromatic N) is 5. The monoisotopic (exact) mass is 458 g/mol. The fourth-order valence-electron chi connectivity index (χ4n) is 4.15. The summed E-state index contributed by atoms with van der Waals surface area (Å²) in [5.41, 5.74) is 2.76. The zero-order valence-corrected chi connectivity index (χ0v) is 19.3. The first-order chi connectivity index (χ1) is 15.4. The highest BCUT2D eigenvalue weighted by molar-refractivity contribution is 7.90. The van der Waals surface area contributed by atoms with Gasteiger partial charge in [0.05, 0.1) is 11.1 Å². The van der Waals surface area contributed by atoms with E-state index in [2.05, 4.69) is 22.2 Å². The molecule has 2 aromatic heterocycles. The van der Waals surface area contributed by atoms with Gasteiger partial charge in [-0.25, -0.2) is 8.42 Å². The molecule has 0 amide bonds. The summed E-state index contributed by atoms with van der Waals surface area (Å²) in [6.07, 6.45) is 7.77. The number of sulfone groups is 1. The van der Waals surface area contributed by atoms with Crippen LogP contribution in [0.1, 0.15) is 43.7 Å². The van der Waals surface area contributed by atoms with Gasteiger partial charge in [0, 0.05) is 37.6 Å². The molecule has 1 atom stereocenters. The molecule has 0 unspecified atom stereocenters. The van der Waals surface area contributed by atoms with Crippen molar-refractivity contribution in [2.45, 2.75) is 56.5 Å². The van der Waals surface area contributed by atoms with Gasteiger partial charge in [0.25, 0.3) is 0 Å². The van der Waals surface area contributed by atoms with Crippen molar-refractivity contribution in [2.24, 2.45) is 0 Å². The van der Waals surface area contributed by atoms with Crippen LogP contribution in [0.2, 0.25) is 0 Å². The van der Waals surface area contributed by atoms with Gasteiger partial charge >= 0.3 is 0 Å². The van der Waals surface area contributed by atoms with Crippen LogP contribution in [0.25, 0.3) is 5.65 Å². The number of aryl methyl sites for hydroxylation is 1. The van der Waals surface area contributed by atoms with Crippen LogP contribution < -0.4 is 10.2 Å². The fraction of sp³-hybridized carbons (Fsp3) is 0.500. The molecule has 9 nitrogen and oxygen atoms in total. The smallest absolute Gasteiger partial charge is 0.230 e. The van der Waals surface area contributed by atoms with E-state index in [4.69, 9.17) is 9.97 Å². The number of aliphatic hydroxyl groups is 1. The molecule has 1 aromatic carbocycles. The Morgan fingerprint density at radius 2 is 1.97 bits per heavy atom. The average Bonchev–Trinajstić information content (AvgIpc) is 3.21. The maximum Gasteiger partial charge on any atom is 0.230 e. The lowest BCUT2D eigenvalue weighted by Crippen LogP contribution is -2.41. The summed E-state index contributed by atoms with van der Waals surface area (Å²) >= 11 is 0. The molecule has 1 aliphatic heterocycles. The Hall–Kier alpha value is -2.72. The number of benzene rings is 1. The summed E-state index contributed by atoms with van der Waals surface area (Å²) < 4.78 is 25.1. The van der Waals surface area contributed by atoms with Crippen molar-refractivity contribution in [2.75, 3.05) is 29.6 Å². The fourth-order valence-corrected chi connectivity index (χ4v) is 4.78. The Kier molecular flexibility index (Phi) is 6.61. The van der Waals surface area contributed by atoms with E-state index in [9.17, 15) is 13.5 Å². The van der Waals surface area contributed by atoms with Gasteiger partial charge in [-0.2, -0.15) is 19.6 Å². The molecule has 4 rings (SSSR count). The molecular formula is C22H30N6O3S. The molecule has 3 aromatic rings. The number of hydrogen-bond acceptors (Lipinski definition) is 8. The van der Waals surface area contributed by atoms with E-state index in [0.717, 1.165) is 49.0 Å². The minimum atomic E-state index is -3.22. The summed E-state index contributed by atoms with van der Waals surface area (Å²) in [5.74, 6) is 1.24. The van der Waals surface area contributed by atoms with E-state index in [0.29, 0.717) is 29.8 Å². The van der Waals surface area contributed by atoms with Gasteiger partial charge in [-0.3, -0.25) is 0 Å². The molecule has 0 radical (unpaired) electrons. The third kappa shape index (κ3) is 4.71. The van der Waals surface area contributed by atoms with Crippen molar-refractivity contribution in [1.82, 2.24) is 19.6 Å². The normalized spacial score (nSPS) is 17.1. The van der Waals surface area contributed by atoms with Gasteiger partial charge < -0.3 is 15.3 Å². The number of hydrogen-bond donors (Lipinski definition) is 2. The van der Waals surface area contributed by atoms with Crippen LogP contribution in [0.4, 0.5) is 11.9 Å². The highest BCUT2D eigenvalue weighted by atomic mass is 32.2. The summed E-state index contributed by atoms with van der Waals surface area (Å²) in [6, 6.07) is 7.05. The quantitative estimate of drug-likeness (QED) is 0.529. The predicted octanol–water partition coefficient (Wildman–Crippen LogP) is 2.44. The van der Waals surface area contributed by atoms with Gasteiger partial charge in [0.15, 0.2) is 15.5 Å². The number of anilines is 2. The molecule has 1 fully saturated rings. The van der Waals surface area contributed by atoms with E-state index in [-0.39, 0.29) is 12.6 Å². The number of nitrogens with one attached hydrogen (secondary N) is 1. The highest BCUT2D eigenvalue weighted by Crippen LogP contribution is 2.26. The zero-order chi connectivity index (χ0) is 22.7. The maximum atomic E-state index is 11.7. The van der Waals surface area contributed by atoms with Gasteiger partial charge in [-0.05, 0) is 49.8 Å². The second-order valence-electron chi connectivity index (χ2n) is 8.23. The maximum absolute atomic E-state index is 11.7. The van der Waals surface area contributed by atoms with Gasteiger partial charge in [-0.1, -0.05) is 19.1 Å². The SMILES string of the molecule is CCc1cnn2c(NCc3ccc(S(C)(=O)=O)cc3)nc(N3CCCC[C@H]3CCO)nc12. The van der Waals surface area contributed by atoms with Crippen LogP contribution in [0.3, 0.4) is 0 Å². The van der Waals surface area contributed by atoms with Crippen molar-refractivity contribution in [3.8, 4) is 0 Å². The van der Waals surface area contributed by atoms with E-state index >= 15 is 0 Å². The summed E-state index contributed by atoms with van der Waals surface area (Å²) in [5, 5.41) is 17.3. The molecule has 0 bridgehead atoms. The van der Waals surface area contributed by atoms with E-state index in [1.807, 2.05) is 6.20 Å². The molecule has 2 N–H and O–H groups in total. The van der Waals surface area contributed by atoms with Crippen molar-refractivity contribution >= 4 is 27.4 Å². The average molecular weight is 459 g/mol. The van der Waals surface area contributed by atoms with E-state index in [1.54, 1.807) is 28.8 Å². The molecule has 172 valence electrons. The minimum absolute atomic E-state index is 0.144. The standard InChI is InChI=1S/C22H30N6O3S/c1-3-17-15-24-28-20(17)25-22(27-12-5-4-6-18(27)11-13-29)26-21(28)23-14-16-7-9-19(10-8-16)32(2,30)31/h7-10,15,18,29H,3-6,11-14H2,1-2H3,(H,23,25,26)/t18-/m0/s1. The first-order valence-electron chi connectivity index (χ1n) is 11.1. The van der Waals surface area contributed by atoms with Crippen molar-refractivity contribution in [1.29, 1.82) is 0 Å². The van der Waals surface area contributed by atoms with Gasteiger partial charge in [-0.15, -0.1) is 0 Å². The number of rotatable bonds is 8. The van der Waals surface area contributed by atoms with E-state index in [1.165, 1.54) is 6.26 Å². The Morgan fingerprint density at radius 3 is 2.66 bits per heavy atom. The van der Waals surface area contributed by atoms with Crippen LogP contribution in [0.5, 0.6) is 0 Å². The Bertz CT molecular complexity index is 1170. The lowest BCUT2D eigenvalue weighted by molar-refractivity contribution is 0.261. The highest BCUT2D eigenvalue weighted by Gasteiger charge is 2.26. The molecule has 0 aliphatic carbocycles. The topological polar surface area (TPSA) is 113 Å². The summed E-state index contributed by atoms with van der Waals surface area (Å²) in [4.78, 5) is 12.2. The van der Waals surface area contributed by atoms with Crippen LogP contribution in [-0.4, -0.2) is 58.6 Å². The molecule has 10 heteroatoms. The van der Waals surface area contributed by atoms with Crippen LogP contribution in [0, 0.1) is 0 Å². The third-order valence-electron chi connectivity index (χ3n) is 5.96. The second-order valence-corrected chi connectivity index (χ2v) is 10.2. The molecule has 3 heterocycles. The molecule has 32 heavy (non-hydrogen) atoms. The van der Waals surface area contributed by atoms with Crippen LogP contribution in [0.15, 0.2) is 35.4 Å². The molecule has 0 saturated carbocycles. The Morgan fingerprint density at radius 1 is 1.19 bits per heavy atom.